The minimum atomic E-state index is -0.873. The Bertz CT molecular complexity index is 660. The van der Waals surface area contributed by atoms with Crippen molar-refractivity contribution in [2.24, 2.45) is 0 Å². The molecule has 1 atom stereocenters. The van der Waals surface area contributed by atoms with Gasteiger partial charge >= 0.3 is 11.7 Å². The van der Waals surface area contributed by atoms with Crippen molar-refractivity contribution in [1.82, 2.24) is 9.88 Å². The maximum absolute atomic E-state index is 11.0. The van der Waals surface area contributed by atoms with Gasteiger partial charge in [-0.1, -0.05) is 6.07 Å². The molecular weight excluding hydrogens is 264 g/mol. The molecule has 0 radical (unpaired) electrons. The van der Waals surface area contributed by atoms with Crippen LogP contribution in [-0.4, -0.2) is 46.2 Å². The molecule has 108 valence electrons. The lowest BCUT2D eigenvalue weighted by atomic mass is 10.1. The topological polar surface area (TPSA) is 107 Å². The number of carbonyl (C=O) groups is 1. The Morgan fingerprint density at radius 1 is 1.50 bits per heavy atom. The van der Waals surface area contributed by atoms with Crippen LogP contribution in [0.4, 0.5) is 0 Å². The van der Waals surface area contributed by atoms with Gasteiger partial charge in [0.2, 0.25) is 0 Å². The third-order valence-corrected chi connectivity index (χ3v) is 3.02. The Labute approximate surface area is 114 Å². The molecule has 1 aromatic carbocycles. The zero-order valence-electron chi connectivity index (χ0n) is 11.0. The van der Waals surface area contributed by atoms with Crippen molar-refractivity contribution in [3.63, 3.8) is 0 Å². The smallest absolute Gasteiger partial charge is 0.417 e. The van der Waals surface area contributed by atoms with Gasteiger partial charge in [-0.15, -0.1) is 0 Å². The van der Waals surface area contributed by atoms with Gasteiger partial charge in [0.1, 0.15) is 0 Å². The number of oxazole rings is 1. The number of benzene rings is 1. The first kappa shape index (κ1) is 14.3. The van der Waals surface area contributed by atoms with Gasteiger partial charge in [0.25, 0.3) is 0 Å². The van der Waals surface area contributed by atoms with E-state index in [1.807, 2.05) is 0 Å². The summed E-state index contributed by atoms with van der Waals surface area (Å²) in [5.74, 6) is -1.41. The van der Waals surface area contributed by atoms with Gasteiger partial charge < -0.3 is 19.5 Å². The van der Waals surface area contributed by atoms with Gasteiger partial charge in [-0.25, -0.2) is 4.79 Å². The Morgan fingerprint density at radius 3 is 2.95 bits per heavy atom. The molecule has 7 heteroatoms. The van der Waals surface area contributed by atoms with Crippen molar-refractivity contribution >= 4 is 17.1 Å². The summed E-state index contributed by atoms with van der Waals surface area (Å²) in [5, 5.41) is 18.7. The van der Waals surface area contributed by atoms with E-state index in [0.717, 1.165) is 0 Å². The Hall–Kier alpha value is -2.12. The molecule has 0 spiro atoms. The SMILES string of the molecule is CN(CCC(=O)O)CC(O)c1ccc2[nH]c(=O)oc2c1. The molecule has 1 heterocycles. The number of carboxylic acid groups (broad SMARTS) is 1. The van der Waals surface area contributed by atoms with Crippen LogP contribution in [0.25, 0.3) is 11.1 Å². The Kier molecular flexibility index (Phi) is 4.21. The molecule has 0 amide bonds. The van der Waals surface area contributed by atoms with Crippen LogP contribution in [0.3, 0.4) is 0 Å². The first-order chi connectivity index (χ1) is 9.45. The molecule has 7 nitrogen and oxygen atoms in total. The van der Waals surface area contributed by atoms with Gasteiger partial charge in [-0.05, 0) is 24.7 Å². The number of likely N-dealkylation sites (N-methyl/N-ethyl adjacent to an activating group) is 1. The third-order valence-electron chi connectivity index (χ3n) is 3.02. The van der Waals surface area contributed by atoms with Crippen LogP contribution in [0.2, 0.25) is 0 Å². The number of carboxylic acids is 1. The van der Waals surface area contributed by atoms with Gasteiger partial charge in [0.15, 0.2) is 5.58 Å². The maximum Gasteiger partial charge on any atom is 0.417 e. The number of aromatic amines is 1. The summed E-state index contributed by atoms with van der Waals surface area (Å²) in [6.45, 7) is 0.654. The molecule has 0 aliphatic rings. The highest BCUT2D eigenvalue weighted by Crippen LogP contribution is 2.19. The summed E-state index contributed by atoms with van der Waals surface area (Å²) in [4.78, 5) is 25.8. The van der Waals surface area contributed by atoms with Crippen molar-refractivity contribution in [1.29, 1.82) is 0 Å². The fourth-order valence-corrected chi connectivity index (χ4v) is 1.95. The average molecular weight is 280 g/mol. The van der Waals surface area contributed by atoms with Crippen LogP contribution < -0.4 is 5.76 Å². The highest BCUT2D eigenvalue weighted by molar-refractivity contribution is 5.72. The minimum Gasteiger partial charge on any atom is -0.481 e. The second kappa shape index (κ2) is 5.89. The molecule has 3 N–H and O–H groups in total. The van der Waals surface area contributed by atoms with Crippen LogP contribution in [0.5, 0.6) is 0 Å². The zero-order chi connectivity index (χ0) is 14.7. The number of aliphatic carboxylic acids is 1. The number of aliphatic hydroxyl groups excluding tert-OH is 1. The van der Waals surface area contributed by atoms with E-state index in [1.165, 1.54) is 0 Å². The number of H-pyrrole nitrogens is 1. The monoisotopic (exact) mass is 280 g/mol. The number of hydrogen-bond donors (Lipinski definition) is 3. The summed E-state index contributed by atoms with van der Waals surface area (Å²) in [6, 6.07) is 4.96. The van der Waals surface area contributed by atoms with Crippen LogP contribution >= 0.6 is 0 Å². The van der Waals surface area contributed by atoms with Gasteiger partial charge in [0, 0.05) is 13.1 Å². The summed E-state index contributed by atoms with van der Waals surface area (Å²) >= 11 is 0. The maximum atomic E-state index is 11.0. The molecular formula is C13H16N2O5. The van der Waals surface area contributed by atoms with Crippen molar-refractivity contribution in [2.45, 2.75) is 12.5 Å². The number of fused-ring (bicyclic) bond motifs is 1. The zero-order valence-corrected chi connectivity index (χ0v) is 11.0. The van der Waals surface area contributed by atoms with Crippen molar-refractivity contribution in [2.75, 3.05) is 20.1 Å². The number of rotatable bonds is 6. The van der Waals surface area contributed by atoms with E-state index in [4.69, 9.17) is 9.52 Å². The lowest BCUT2D eigenvalue weighted by molar-refractivity contribution is -0.137. The molecule has 1 aromatic heterocycles. The van der Waals surface area contributed by atoms with E-state index in [2.05, 4.69) is 4.98 Å². The van der Waals surface area contributed by atoms with Gasteiger partial charge in [-0.3, -0.25) is 9.78 Å². The first-order valence-corrected chi connectivity index (χ1v) is 6.17. The van der Waals surface area contributed by atoms with Gasteiger partial charge in [-0.2, -0.15) is 0 Å². The molecule has 2 rings (SSSR count). The predicted octanol–water partition coefficient (Wildman–Crippen LogP) is 0.561. The van der Waals surface area contributed by atoms with E-state index < -0.39 is 17.8 Å². The summed E-state index contributed by atoms with van der Waals surface area (Å²) in [6.07, 6.45) is -0.757. The highest BCUT2D eigenvalue weighted by atomic mass is 16.4. The number of nitrogens with zero attached hydrogens (tertiary/aromatic N) is 1. The Morgan fingerprint density at radius 2 is 2.25 bits per heavy atom. The van der Waals surface area contributed by atoms with E-state index in [-0.39, 0.29) is 6.42 Å². The molecule has 0 fully saturated rings. The summed E-state index contributed by atoms with van der Waals surface area (Å²) < 4.78 is 4.93. The quantitative estimate of drug-likeness (QED) is 0.713. The van der Waals surface area contributed by atoms with Crippen LogP contribution in [0.1, 0.15) is 18.1 Å². The second-order valence-electron chi connectivity index (χ2n) is 4.69. The lowest BCUT2D eigenvalue weighted by Gasteiger charge is -2.19. The van der Waals surface area contributed by atoms with Crippen molar-refractivity contribution in [3.8, 4) is 0 Å². The van der Waals surface area contributed by atoms with E-state index in [9.17, 15) is 14.7 Å². The highest BCUT2D eigenvalue weighted by Gasteiger charge is 2.13. The number of aromatic nitrogens is 1. The number of aliphatic hydroxyl groups is 1. The summed E-state index contributed by atoms with van der Waals surface area (Å²) in [7, 11) is 1.74. The van der Waals surface area contributed by atoms with Crippen LogP contribution in [0.15, 0.2) is 27.4 Å². The predicted molar refractivity (Wildman–Crippen MR) is 71.5 cm³/mol. The Balaban J connectivity index is 2.04. The van der Waals surface area contributed by atoms with Crippen LogP contribution in [-0.2, 0) is 4.79 Å². The second-order valence-corrected chi connectivity index (χ2v) is 4.69. The van der Waals surface area contributed by atoms with Crippen molar-refractivity contribution in [3.05, 3.63) is 34.3 Å². The average Bonchev–Trinajstić information content (AvgIpc) is 2.75. The van der Waals surface area contributed by atoms with Gasteiger partial charge in [0.05, 0.1) is 18.0 Å². The molecule has 0 saturated heterocycles. The first-order valence-electron chi connectivity index (χ1n) is 6.17. The number of nitrogens with one attached hydrogen (secondary N) is 1. The van der Waals surface area contributed by atoms with E-state index in [0.29, 0.717) is 29.8 Å². The molecule has 0 bridgehead atoms. The molecule has 0 aliphatic heterocycles. The number of hydrogen-bond acceptors (Lipinski definition) is 5. The third kappa shape index (κ3) is 3.46. The minimum absolute atomic E-state index is 0.0228. The molecule has 0 aliphatic carbocycles. The van der Waals surface area contributed by atoms with Crippen LogP contribution in [0, 0.1) is 0 Å². The largest absolute Gasteiger partial charge is 0.481 e. The lowest BCUT2D eigenvalue weighted by Crippen LogP contribution is -2.27. The molecule has 2 aromatic rings. The summed E-state index contributed by atoms with van der Waals surface area (Å²) in [5.41, 5.74) is 1.58. The normalized spacial score (nSPS) is 12.9. The fraction of sp³-hybridized carbons (Fsp3) is 0.385. The molecule has 1 unspecified atom stereocenters. The molecule has 0 saturated carbocycles. The van der Waals surface area contributed by atoms with E-state index in [1.54, 1.807) is 30.1 Å². The fourth-order valence-electron chi connectivity index (χ4n) is 1.95. The van der Waals surface area contributed by atoms with Crippen molar-refractivity contribution < 1.29 is 19.4 Å². The molecule has 20 heavy (non-hydrogen) atoms. The standard InChI is InChI=1S/C13H16N2O5/c1-15(5-4-12(17)18)7-10(16)8-2-3-9-11(6-8)20-13(19)14-9/h2-3,6,10,16H,4-5,7H2,1H3,(H,14,19)(H,17,18). The van der Waals surface area contributed by atoms with E-state index >= 15 is 0 Å².